The summed E-state index contributed by atoms with van der Waals surface area (Å²) in [5, 5.41) is 3.73. The Bertz CT molecular complexity index is 619. The Morgan fingerprint density at radius 2 is 1.94 bits per heavy atom. The first-order valence-electron chi connectivity index (χ1n) is 4.70. The zero-order chi connectivity index (χ0) is 12.5. The van der Waals surface area contributed by atoms with E-state index >= 15 is 0 Å². The van der Waals surface area contributed by atoms with Gasteiger partial charge in [-0.25, -0.2) is 8.42 Å². The smallest absolute Gasteiger partial charge is 0.241 e. The van der Waals surface area contributed by atoms with Gasteiger partial charge < -0.3 is 4.52 Å². The van der Waals surface area contributed by atoms with E-state index in [4.69, 9.17) is 16.1 Å². The highest BCUT2D eigenvalue weighted by atomic mass is 35.5. The first-order valence-corrected chi connectivity index (χ1v) is 7.12. The summed E-state index contributed by atoms with van der Waals surface area (Å²) in [6, 6.07) is 6.25. The second-order valence-electron chi connectivity index (χ2n) is 3.44. The van der Waals surface area contributed by atoms with E-state index in [2.05, 4.69) is 10.1 Å². The molecule has 0 saturated heterocycles. The van der Waals surface area contributed by atoms with E-state index in [0.717, 1.165) is 6.26 Å². The maximum atomic E-state index is 11.3. The lowest BCUT2D eigenvalue weighted by molar-refractivity contribution is 0.391. The van der Waals surface area contributed by atoms with Crippen molar-refractivity contribution in [3.05, 3.63) is 30.2 Å². The molecule has 0 spiro atoms. The molecule has 0 radical (unpaired) electrons. The predicted octanol–water partition coefficient (Wildman–Crippen LogP) is 1.88. The van der Waals surface area contributed by atoms with Gasteiger partial charge in [0.25, 0.3) is 0 Å². The van der Waals surface area contributed by atoms with Gasteiger partial charge in [0.1, 0.15) is 5.88 Å². The van der Waals surface area contributed by atoms with E-state index < -0.39 is 9.84 Å². The van der Waals surface area contributed by atoms with E-state index in [-0.39, 0.29) is 10.8 Å². The van der Waals surface area contributed by atoms with Crippen LogP contribution in [-0.4, -0.2) is 24.8 Å². The molecular weight excluding hydrogens is 264 g/mol. The minimum atomic E-state index is -3.19. The Labute approximate surface area is 103 Å². The highest BCUT2D eigenvalue weighted by Gasteiger charge is 2.10. The molecule has 17 heavy (non-hydrogen) atoms. The van der Waals surface area contributed by atoms with Crippen molar-refractivity contribution in [2.75, 3.05) is 6.26 Å². The Hall–Kier alpha value is -1.40. The zero-order valence-corrected chi connectivity index (χ0v) is 10.5. The molecule has 1 aromatic heterocycles. The third kappa shape index (κ3) is 2.65. The van der Waals surface area contributed by atoms with Gasteiger partial charge in [-0.15, -0.1) is 11.6 Å². The molecule has 0 fully saturated rings. The van der Waals surface area contributed by atoms with Crippen LogP contribution in [0.25, 0.3) is 11.4 Å². The van der Waals surface area contributed by atoms with Crippen LogP contribution in [0.3, 0.4) is 0 Å². The Morgan fingerprint density at radius 3 is 2.41 bits per heavy atom. The number of benzene rings is 1. The fourth-order valence-corrected chi connectivity index (χ4v) is 2.02. The number of nitrogens with zero attached hydrogens (tertiary/aromatic N) is 2. The molecule has 0 saturated carbocycles. The predicted molar refractivity (Wildman–Crippen MR) is 62.4 cm³/mol. The molecule has 0 aliphatic rings. The first-order chi connectivity index (χ1) is 8.00. The second kappa shape index (κ2) is 4.46. The van der Waals surface area contributed by atoms with Crippen LogP contribution in [0.5, 0.6) is 0 Å². The third-order valence-electron chi connectivity index (χ3n) is 2.12. The summed E-state index contributed by atoms with van der Waals surface area (Å²) < 4.78 is 27.4. The highest BCUT2D eigenvalue weighted by Crippen LogP contribution is 2.19. The van der Waals surface area contributed by atoms with Crippen LogP contribution >= 0.6 is 11.6 Å². The van der Waals surface area contributed by atoms with Gasteiger partial charge in [0.2, 0.25) is 11.7 Å². The quantitative estimate of drug-likeness (QED) is 0.798. The van der Waals surface area contributed by atoms with Gasteiger partial charge in [-0.2, -0.15) is 4.98 Å². The van der Waals surface area contributed by atoms with E-state index in [1.165, 1.54) is 12.1 Å². The van der Waals surface area contributed by atoms with E-state index in [1.54, 1.807) is 12.1 Å². The summed E-state index contributed by atoms with van der Waals surface area (Å²) in [7, 11) is -3.19. The van der Waals surface area contributed by atoms with Crippen LogP contribution in [-0.2, 0) is 15.7 Å². The minimum Gasteiger partial charge on any atom is -0.338 e. The first kappa shape index (κ1) is 12.1. The molecule has 90 valence electrons. The topological polar surface area (TPSA) is 73.1 Å². The Kier molecular flexibility index (Phi) is 3.17. The molecule has 0 amide bonds. The van der Waals surface area contributed by atoms with Gasteiger partial charge >= 0.3 is 0 Å². The lowest BCUT2D eigenvalue weighted by Gasteiger charge is -1.98. The maximum absolute atomic E-state index is 11.3. The van der Waals surface area contributed by atoms with Gasteiger partial charge in [0.15, 0.2) is 9.84 Å². The molecule has 5 nitrogen and oxygen atoms in total. The highest BCUT2D eigenvalue weighted by molar-refractivity contribution is 7.90. The number of aromatic nitrogens is 2. The molecule has 1 aromatic carbocycles. The summed E-state index contributed by atoms with van der Waals surface area (Å²) in [5.74, 6) is 0.864. The molecule has 1 heterocycles. The molecule has 0 bridgehead atoms. The Morgan fingerprint density at radius 1 is 1.29 bits per heavy atom. The third-order valence-corrected chi connectivity index (χ3v) is 3.48. The van der Waals surface area contributed by atoms with Crippen LogP contribution in [0.4, 0.5) is 0 Å². The van der Waals surface area contributed by atoms with Crippen molar-refractivity contribution in [3.63, 3.8) is 0 Å². The van der Waals surface area contributed by atoms with Crippen molar-refractivity contribution in [1.29, 1.82) is 0 Å². The van der Waals surface area contributed by atoms with E-state index in [0.29, 0.717) is 17.3 Å². The molecule has 0 aliphatic carbocycles. The molecule has 7 heteroatoms. The lowest BCUT2D eigenvalue weighted by Crippen LogP contribution is -1.96. The molecule has 0 atom stereocenters. The molecule has 0 aliphatic heterocycles. The Balaban J connectivity index is 2.35. The summed E-state index contributed by atoms with van der Waals surface area (Å²) in [6.45, 7) is 0. The largest absolute Gasteiger partial charge is 0.338 e. The van der Waals surface area contributed by atoms with Gasteiger partial charge in [0.05, 0.1) is 4.90 Å². The average molecular weight is 273 g/mol. The van der Waals surface area contributed by atoms with Crippen LogP contribution in [0.1, 0.15) is 5.89 Å². The lowest BCUT2D eigenvalue weighted by atomic mass is 10.2. The maximum Gasteiger partial charge on any atom is 0.241 e. The van der Waals surface area contributed by atoms with Crippen LogP contribution < -0.4 is 0 Å². The fraction of sp³-hybridized carbons (Fsp3) is 0.200. The zero-order valence-electron chi connectivity index (χ0n) is 8.92. The van der Waals surface area contributed by atoms with Crippen molar-refractivity contribution in [1.82, 2.24) is 10.1 Å². The van der Waals surface area contributed by atoms with Crippen LogP contribution in [0.2, 0.25) is 0 Å². The number of halogens is 1. The summed E-state index contributed by atoms with van der Waals surface area (Å²) in [5.41, 5.74) is 0.678. The molecule has 0 N–H and O–H groups in total. The summed E-state index contributed by atoms with van der Waals surface area (Å²) >= 11 is 5.54. The number of sulfone groups is 1. The number of rotatable bonds is 3. The summed E-state index contributed by atoms with van der Waals surface area (Å²) in [6.07, 6.45) is 1.15. The number of hydrogen-bond acceptors (Lipinski definition) is 5. The minimum absolute atomic E-state index is 0.147. The van der Waals surface area contributed by atoms with Crippen molar-refractivity contribution < 1.29 is 12.9 Å². The SMILES string of the molecule is CS(=O)(=O)c1ccc(-c2noc(CCl)n2)cc1. The normalized spacial score (nSPS) is 11.6. The van der Waals surface area contributed by atoms with Crippen molar-refractivity contribution in [2.24, 2.45) is 0 Å². The summed E-state index contributed by atoms with van der Waals surface area (Å²) in [4.78, 5) is 4.28. The van der Waals surface area contributed by atoms with Crippen LogP contribution in [0.15, 0.2) is 33.7 Å². The average Bonchev–Trinajstić information content (AvgIpc) is 2.76. The van der Waals surface area contributed by atoms with Crippen LogP contribution in [0, 0.1) is 0 Å². The van der Waals surface area contributed by atoms with Crippen molar-refractivity contribution >= 4 is 21.4 Å². The van der Waals surface area contributed by atoms with E-state index in [1.807, 2.05) is 0 Å². The molecule has 0 unspecified atom stereocenters. The van der Waals surface area contributed by atoms with Crippen molar-refractivity contribution in [3.8, 4) is 11.4 Å². The second-order valence-corrected chi connectivity index (χ2v) is 5.72. The molecule has 2 aromatic rings. The fourth-order valence-electron chi connectivity index (χ4n) is 1.28. The van der Waals surface area contributed by atoms with Gasteiger partial charge in [-0.3, -0.25) is 0 Å². The van der Waals surface area contributed by atoms with Gasteiger partial charge in [-0.05, 0) is 24.3 Å². The molecule has 2 rings (SSSR count). The van der Waals surface area contributed by atoms with E-state index in [9.17, 15) is 8.42 Å². The molecular formula is C10H9ClN2O3S. The number of hydrogen-bond donors (Lipinski definition) is 0. The van der Waals surface area contributed by atoms with Gasteiger partial charge in [0, 0.05) is 11.8 Å². The monoisotopic (exact) mass is 272 g/mol. The van der Waals surface area contributed by atoms with Crippen molar-refractivity contribution in [2.45, 2.75) is 10.8 Å². The van der Waals surface area contributed by atoms with Gasteiger partial charge in [-0.1, -0.05) is 5.16 Å². The number of alkyl halides is 1. The standard InChI is InChI=1S/C10H9ClN2O3S/c1-17(14,15)8-4-2-7(3-5-8)10-12-9(6-11)16-13-10/h2-5H,6H2,1H3.